The number of thiazole rings is 1. The second-order valence-electron chi connectivity index (χ2n) is 5.92. The van der Waals surface area contributed by atoms with E-state index in [-0.39, 0.29) is 10.9 Å². The number of nitrogens with one attached hydrogen (secondary N) is 1. The first kappa shape index (κ1) is 17.7. The number of hydrogen-bond donors (Lipinski definition) is 1. The predicted octanol–water partition coefficient (Wildman–Crippen LogP) is 4.01. The molecule has 2 aromatic rings. The number of hydrogen-bond acceptors (Lipinski definition) is 5. The Labute approximate surface area is 151 Å². The molecular formula is C16H19ClN2O3S2. The number of ether oxygens (including phenoxy) is 1. The Bertz CT molecular complexity index is 790. The van der Waals surface area contributed by atoms with Crippen molar-refractivity contribution >= 4 is 33.0 Å². The maximum atomic E-state index is 12.8. The van der Waals surface area contributed by atoms with Gasteiger partial charge in [0.15, 0.2) is 0 Å². The van der Waals surface area contributed by atoms with Crippen LogP contribution in [0.2, 0.25) is 5.02 Å². The van der Waals surface area contributed by atoms with Gasteiger partial charge in [-0.25, -0.2) is 13.1 Å². The zero-order valence-corrected chi connectivity index (χ0v) is 15.6. The zero-order chi connectivity index (χ0) is 17.2. The average molecular weight is 387 g/mol. The monoisotopic (exact) mass is 386 g/mol. The van der Waals surface area contributed by atoms with Gasteiger partial charge in [-0.2, -0.15) is 0 Å². The molecule has 0 aliphatic heterocycles. The smallest absolute Gasteiger partial charge is 0.244 e. The van der Waals surface area contributed by atoms with Gasteiger partial charge in [0.2, 0.25) is 10.0 Å². The number of rotatable bonds is 8. The topological polar surface area (TPSA) is 68.3 Å². The fourth-order valence-corrected chi connectivity index (χ4v) is 4.68. The SMILES string of the molecule is C[C@H](NS(=O)(=O)c1cc(Cl)ccc1OCCC1CC1)c1cncs1. The molecule has 1 aromatic heterocycles. The first-order valence-corrected chi connectivity index (χ1v) is 10.5. The molecule has 0 bridgehead atoms. The summed E-state index contributed by atoms with van der Waals surface area (Å²) in [5.74, 6) is 1.06. The van der Waals surface area contributed by atoms with E-state index in [0.29, 0.717) is 17.4 Å². The minimum atomic E-state index is -3.75. The van der Waals surface area contributed by atoms with Crippen LogP contribution >= 0.6 is 22.9 Å². The average Bonchev–Trinajstić information content (AvgIpc) is 3.18. The summed E-state index contributed by atoms with van der Waals surface area (Å²) >= 11 is 7.40. The van der Waals surface area contributed by atoms with Crippen molar-refractivity contribution in [3.63, 3.8) is 0 Å². The molecule has 1 fully saturated rings. The lowest BCUT2D eigenvalue weighted by atomic mass is 10.3. The first-order chi connectivity index (χ1) is 11.5. The van der Waals surface area contributed by atoms with Crippen molar-refractivity contribution in [1.82, 2.24) is 9.71 Å². The predicted molar refractivity (Wildman–Crippen MR) is 95.1 cm³/mol. The normalized spacial score (nSPS) is 16.1. The van der Waals surface area contributed by atoms with Crippen molar-refractivity contribution in [3.05, 3.63) is 39.8 Å². The summed E-state index contributed by atoms with van der Waals surface area (Å²) in [5, 5.41) is 0.357. The number of sulfonamides is 1. The van der Waals surface area contributed by atoms with Crippen LogP contribution in [-0.2, 0) is 10.0 Å². The van der Waals surface area contributed by atoms with Crippen molar-refractivity contribution in [3.8, 4) is 5.75 Å². The summed E-state index contributed by atoms with van der Waals surface area (Å²) in [6.45, 7) is 2.29. The Kier molecular flexibility index (Phi) is 5.44. The summed E-state index contributed by atoms with van der Waals surface area (Å²) in [6.07, 6.45) is 5.09. The maximum absolute atomic E-state index is 12.8. The summed E-state index contributed by atoms with van der Waals surface area (Å²) < 4.78 is 33.9. The molecule has 0 spiro atoms. The third-order valence-corrected chi connectivity index (χ3v) is 6.64. The van der Waals surface area contributed by atoms with Gasteiger partial charge in [-0.05, 0) is 37.5 Å². The van der Waals surface area contributed by atoms with Gasteiger partial charge < -0.3 is 4.74 Å². The van der Waals surface area contributed by atoms with Crippen molar-refractivity contribution < 1.29 is 13.2 Å². The van der Waals surface area contributed by atoms with Crippen LogP contribution in [0.25, 0.3) is 0 Å². The Balaban J connectivity index is 1.78. The Hall–Kier alpha value is -1.15. The third-order valence-electron chi connectivity index (χ3n) is 3.89. The van der Waals surface area contributed by atoms with Crippen LogP contribution in [0.3, 0.4) is 0 Å². The molecule has 3 rings (SSSR count). The van der Waals surface area contributed by atoms with E-state index in [1.54, 1.807) is 30.8 Å². The Morgan fingerprint density at radius 1 is 1.46 bits per heavy atom. The molecule has 1 atom stereocenters. The molecule has 24 heavy (non-hydrogen) atoms. The highest BCUT2D eigenvalue weighted by molar-refractivity contribution is 7.89. The lowest BCUT2D eigenvalue weighted by Crippen LogP contribution is -2.27. The summed E-state index contributed by atoms with van der Waals surface area (Å²) in [5.41, 5.74) is 1.67. The van der Waals surface area contributed by atoms with E-state index in [0.717, 1.165) is 17.2 Å². The van der Waals surface area contributed by atoms with E-state index < -0.39 is 10.0 Å². The van der Waals surface area contributed by atoms with E-state index >= 15 is 0 Å². The van der Waals surface area contributed by atoms with Crippen molar-refractivity contribution in [1.29, 1.82) is 0 Å². The van der Waals surface area contributed by atoms with Gasteiger partial charge >= 0.3 is 0 Å². The Morgan fingerprint density at radius 2 is 2.25 bits per heavy atom. The fourth-order valence-electron chi connectivity index (χ4n) is 2.35. The van der Waals surface area contributed by atoms with Crippen molar-refractivity contribution in [2.75, 3.05) is 6.61 Å². The van der Waals surface area contributed by atoms with Crippen LogP contribution < -0.4 is 9.46 Å². The van der Waals surface area contributed by atoms with Crippen LogP contribution in [-0.4, -0.2) is 20.0 Å². The maximum Gasteiger partial charge on any atom is 0.244 e. The van der Waals surface area contributed by atoms with Gasteiger partial charge in [0.1, 0.15) is 10.6 Å². The largest absolute Gasteiger partial charge is 0.492 e. The Morgan fingerprint density at radius 3 is 2.92 bits per heavy atom. The second kappa shape index (κ2) is 7.39. The quantitative estimate of drug-likeness (QED) is 0.744. The molecule has 1 heterocycles. The molecule has 5 nitrogen and oxygen atoms in total. The number of nitrogens with zero attached hydrogens (tertiary/aromatic N) is 1. The van der Waals surface area contributed by atoms with Crippen LogP contribution in [0.1, 0.15) is 37.1 Å². The standard InChI is InChI=1S/C16H19ClN2O3S2/c1-11(15-9-18-10-23-15)19-24(20,21)16-8-13(17)4-5-14(16)22-7-6-12-2-3-12/h4-5,8-12,19H,2-3,6-7H2,1H3/t11-/m0/s1. The number of halogens is 1. The minimum Gasteiger partial charge on any atom is -0.492 e. The molecule has 1 aliphatic rings. The molecule has 8 heteroatoms. The van der Waals surface area contributed by atoms with E-state index in [9.17, 15) is 8.42 Å². The van der Waals surface area contributed by atoms with Gasteiger partial charge in [0, 0.05) is 16.1 Å². The minimum absolute atomic E-state index is 0.0714. The van der Waals surface area contributed by atoms with E-state index in [2.05, 4.69) is 9.71 Å². The summed E-state index contributed by atoms with van der Waals surface area (Å²) in [7, 11) is -3.75. The lowest BCUT2D eigenvalue weighted by molar-refractivity contribution is 0.295. The van der Waals surface area contributed by atoms with Crippen LogP contribution in [0.4, 0.5) is 0 Å². The molecule has 1 N–H and O–H groups in total. The third kappa shape index (κ3) is 4.47. The lowest BCUT2D eigenvalue weighted by Gasteiger charge is -2.16. The highest BCUT2D eigenvalue weighted by Gasteiger charge is 2.25. The summed E-state index contributed by atoms with van der Waals surface area (Å²) in [6, 6.07) is 4.30. The first-order valence-electron chi connectivity index (χ1n) is 7.79. The van der Waals surface area contributed by atoms with Crippen LogP contribution in [0.15, 0.2) is 34.8 Å². The number of benzene rings is 1. The zero-order valence-electron chi connectivity index (χ0n) is 13.2. The van der Waals surface area contributed by atoms with Crippen molar-refractivity contribution in [2.45, 2.75) is 37.1 Å². The molecule has 0 saturated heterocycles. The molecule has 1 aromatic carbocycles. The highest BCUT2D eigenvalue weighted by Crippen LogP contribution is 2.33. The molecule has 0 radical (unpaired) electrons. The van der Waals surface area contributed by atoms with E-state index in [4.69, 9.17) is 16.3 Å². The molecular weight excluding hydrogens is 368 g/mol. The van der Waals surface area contributed by atoms with Gasteiger partial charge in [-0.15, -0.1) is 11.3 Å². The van der Waals surface area contributed by atoms with Crippen molar-refractivity contribution in [2.24, 2.45) is 5.92 Å². The van der Waals surface area contributed by atoms with E-state index in [1.165, 1.54) is 30.2 Å². The molecule has 1 saturated carbocycles. The number of aromatic nitrogens is 1. The molecule has 1 aliphatic carbocycles. The van der Waals surface area contributed by atoms with Crippen LogP contribution in [0, 0.1) is 5.92 Å². The second-order valence-corrected chi connectivity index (χ2v) is 8.96. The van der Waals surface area contributed by atoms with Gasteiger partial charge in [0.05, 0.1) is 18.2 Å². The van der Waals surface area contributed by atoms with Gasteiger partial charge in [0.25, 0.3) is 0 Å². The molecule has 0 amide bonds. The van der Waals surface area contributed by atoms with Gasteiger partial charge in [-0.1, -0.05) is 24.4 Å². The fraction of sp³-hybridized carbons (Fsp3) is 0.438. The molecule has 0 unspecified atom stereocenters. The summed E-state index contributed by atoms with van der Waals surface area (Å²) in [4.78, 5) is 4.89. The van der Waals surface area contributed by atoms with Gasteiger partial charge in [-0.3, -0.25) is 4.98 Å². The van der Waals surface area contributed by atoms with E-state index in [1.807, 2.05) is 0 Å². The molecule has 130 valence electrons. The highest BCUT2D eigenvalue weighted by atomic mass is 35.5. The van der Waals surface area contributed by atoms with Crippen LogP contribution in [0.5, 0.6) is 5.75 Å².